The zero-order valence-corrected chi connectivity index (χ0v) is 7.12. The van der Waals surface area contributed by atoms with Crippen molar-refractivity contribution in [2.24, 2.45) is 11.7 Å². The molecule has 70 valence electrons. The summed E-state index contributed by atoms with van der Waals surface area (Å²) in [6.07, 6.45) is 3.68. The fourth-order valence-electron chi connectivity index (χ4n) is 1.16. The summed E-state index contributed by atoms with van der Waals surface area (Å²) in [6.45, 7) is 0.434. The lowest BCUT2D eigenvalue weighted by atomic mass is 9.85. The highest BCUT2D eigenvalue weighted by Gasteiger charge is 2.19. The molecular weight excluding hydrogens is 156 g/mol. The molecular formula is C8H16N2O2. The highest BCUT2D eigenvalue weighted by atomic mass is 16.3. The first-order valence-electron chi connectivity index (χ1n) is 4.38. The van der Waals surface area contributed by atoms with E-state index in [2.05, 4.69) is 5.32 Å². The number of rotatable bonds is 4. The molecule has 4 heteroatoms. The van der Waals surface area contributed by atoms with E-state index in [1.165, 1.54) is 19.3 Å². The Bertz CT molecular complexity index is 157. The minimum atomic E-state index is -0.759. The van der Waals surface area contributed by atoms with Crippen molar-refractivity contribution in [3.05, 3.63) is 0 Å². The lowest BCUT2D eigenvalue weighted by Crippen LogP contribution is -2.45. The van der Waals surface area contributed by atoms with Gasteiger partial charge in [-0.1, -0.05) is 6.42 Å². The summed E-state index contributed by atoms with van der Waals surface area (Å²) in [5.74, 6) is 0.393. The number of hydrogen-bond donors (Lipinski definition) is 3. The van der Waals surface area contributed by atoms with E-state index in [1.807, 2.05) is 0 Å². The number of nitrogens with two attached hydrogens (primary N) is 1. The van der Waals surface area contributed by atoms with Gasteiger partial charge in [0.1, 0.15) is 6.04 Å². The SMILES string of the molecule is N[C@@H](CO)C(=O)NCC1CCC1. The molecule has 0 aromatic heterocycles. The summed E-state index contributed by atoms with van der Waals surface area (Å²) >= 11 is 0. The average Bonchev–Trinajstić information content (AvgIpc) is 2.00. The van der Waals surface area contributed by atoms with Gasteiger partial charge < -0.3 is 16.2 Å². The minimum absolute atomic E-state index is 0.246. The smallest absolute Gasteiger partial charge is 0.239 e. The molecule has 1 aliphatic carbocycles. The van der Waals surface area contributed by atoms with Crippen LogP contribution in [0, 0.1) is 5.92 Å². The third-order valence-electron chi connectivity index (χ3n) is 2.32. The van der Waals surface area contributed by atoms with Crippen molar-refractivity contribution in [2.45, 2.75) is 25.3 Å². The predicted octanol–water partition coefficient (Wildman–Crippen LogP) is -0.778. The summed E-state index contributed by atoms with van der Waals surface area (Å²) in [6, 6.07) is -0.759. The first-order valence-corrected chi connectivity index (χ1v) is 4.38. The standard InChI is InChI=1S/C8H16N2O2/c9-7(5-11)8(12)10-4-6-2-1-3-6/h6-7,11H,1-5,9H2,(H,10,12)/t7-/m0/s1. The molecule has 4 nitrogen and oxygen atoms in total. The number of hydrogen-bond acceptors (Lipinski definition) is 3. The monoisotopic (exact) mass is 172 g/mol. The van der Waals surface area contributed by atoms with Crippen LogP contribution in [0.1, 0.15) is 19.3 Å². The van der Waals surface area contributed by atoms with Gasteiger partial charge in [0.2, 0.25) is 5.91 Å². The number of aliphatic hydroxyl groups excluding tert-OH is 1. The first kappa shape index (κ1) is 9.48. The molecule has 0 aliphatic heterocycles. The second-order valence-electron chi connectivity index (χ2n) is 3.33. The van der Waals surface area contributed by atoms with Crippen molar-refractivity contribution in [3.8, 4) is 0 Å². The van der Waals surface area contributed by atoms with Crippen molar-refractivity contribution in [1.29, 1.82) is 0 Å². The number of amides is 1. The second kappa shape index (κ2) is 4.42. The van der Waals surface area contributed by atoms with Gasteiger partial charge in [0.25, 0.3) is 0 Å². The largest absolute Gasteiger partial charge is 0.394 e. The predicted molar refractivity (Wildman–Crippen MR) is 45.4 cm³/mol. The molecule has 0 heterocycles. The van der Waals surface area contributed by atoms with E-state index in [0.29, 0.717) is 12.5 Å². The van der Waals surface area contributed by atoms with Gasteiger partial charge in [-0.25, -0.2) is 0 Å². The molecule has 1 fully saturated rings. The molecule has 1 rings (SSSR count). The maximum absolute atomic E-state index is 11.0. The molecule has 1 atom stereocenters. The number of nitrogens with one attached hydrogen (secondary N) is 1. The van der Waals surface area contributed by atoms with E-state index in [9.17, 15) is 4.79 Å². The van der Waals surface area contributed by atoms with E-state index in [4.69, 9.17) is 10.8 Å². The van der Waals surface area contributed by atoms with Crippen LogP contribution in [0.2, 0.25) is 0 Å². The minimum Gasteiger partial charge on any atom is -0.394 e. The van der Waals surface area contributed by atoms with E-state index in [1.54, 1.807) is 0 Å². The maximum atomic E-state index is 11.0. The third-order valence-corrected chi connectivity index (χ3v) is 2.32. The van der Waals surface area contributed by atoms with Crippen LogP contribution in [-0.4, -0.2) is 30.2 Å². The Labute approximate surface area is 72.1 Å². The Hall–Kier alpha value is -0.610. The average molecular weight is 172 g/mol. The fraction of sp³-hybridized carbons (Fsp3) is 0.875. The normalized spacial score (nSPS) is 19.8. The molecule has 0 aromatic carbocycles. The maximum Gasteiger partial charge on any atom is 0.239 e. The summed E-state index contributed by atoms with van der Waals surface area (Å²) in [5.41, 5.74) is 5.30. The summed E-state index contributed by atoms with van der Waals surface area (Å²) < 4.78 is 0. The van der Waals surface area contributed by atoms with Crippen LogP contribution in [0.4, 0.5) is 0 Å². The molecule has 12 heavy (non-hydrogen) atoms. The van der Waals surface area contributed by atoms with Gasteiger partial charge in [-0.2, -0.15) is 0 Å². The van der Waals surface area contributed by atoms with E-state index < -0.39 is 6.04 Å². The van der Waals surface area contributed by atoms with Gasteiger partial charge in [-0.15, -0.1) is 0 Å². The highest BCUT2D eigenvalue weighted by Crippen LogP contribution is 2.24. The molecule has 0 radical (unpaired) electrons. The summed E-state index contributed by atoms with van der Waals surface area (Å²) in [5, 5.41) is 11.3. The quantitative estimate of drug-likeness (QED) is 0.521. The van der Waals surface area contributed by atoms with Gasteiger partial charge in [0.05, 0.1) is 6.61 Å². The molecule has 1 saturated carbocycles. The molecule has 0 unspecified atom stereocenters. The number of carbonyl (C=O) groups is 1. The van der Waals surface area contributed by atoms with Crippen LogP contribution in [0.15, 0.2) is 0 Å². The van der Waals surface area contributed by atoms with Crippen LogP contribution in [0.3, 0.4) is 0 Å². The number of aliphatic hydroxyl groups is 1. The van der Waals surface area contributed by atoms with Gasteiger partial charge in [-0.3, -0.25) is 4.79 Å². The van der Waals surface area contributed by atoms with Crippen LogP contribution in [-0.2, 0) is 4.79 Å². The zero-order chi connectivity index (χ0) is 8.97. The van der Waals surface area contributed by atoms with E-state index in [0.717, 1.165) is 0 Å². The highest BCUT2D eigenvalue weighted by molar-refractivity contribution is 5.81. The van der Waals surface area contributed by atoms with Crippen molar-refractivity contribution in [3.63, 3.8) is 0 Å². The first-order chi connectivity index (χ1) is 5.74. The summed E-state index contributed by atoms with van der Waals surface area (Å²) in [4.78, 5) is 11.0. The Morgan fingerprint density at radius 1 is 1.67 bits per heavy atom. The Balaban J connectivity index is 2.08. The third kappa shape index (κ3) is 2.46. The number of carbonyl (C=O) groups excluding carboxylic acids is 1. The Kier molecular flexibility index (Phi) is 3.49. The lowest BCUT2D eigenvalue weighted by molar-refractivity contribution is -0.123. The van der Waals surface area contributed by atoms with Crippen molar-refractivity contribution in [2.75, 3.05) is 13.2 Å². The summed E-state index contributed by atoms with van der Waals surface area (Å²) in [7, 11) is 0. The Morgan fingerprint density at radius 3 is 2.75 bits per heavy atom. The van der Waals surface area contributed by atoms with Gasteiger partial charge >= 0.3 is 0 Å². The van der Waals surface area contributed by atoms with Crippen LogP contribution in [0.25, 0.3) is 0 Å². The lowest BCUT2D eigenvalue weighted by Gasteiger charge is -2.25. The van der Waals surface area contributed by atoms with Gasteiger partial charge in [-0.05, 0) is 18.8 Å². The fourth-order valence-corrected chi connectivity index (χ4v) is 1.16. The molecule has 0 aromatic rings. The molecule has 4 N–H and O–H groups in total. The Morgan fingerprint density at radius 2 is 2.33 bits per heavy atom. The van der Waals surface area contributed by atoms with Crippen LogP contribution < -0.4 is 11.1 Å². The molecule has 0 saturated heterocycles. The van der Waals surface area contributed by atoms with E-state index in [-0.39, 0.29) is 12.5 Å². The second-order valence-corrected chi connectivity index (χ2v) is 3.33. The molecule has 0 spiro atoms. The molecule has 1 amide bonds. The molecule has 0 bridgehead atoms. The van der Waals surface area contributed by atoms with Crippen molar-refractivity contribution >= 4 is 5.91 Å². The van der Waals surface area contributed by atoms with Crippen LogP contribution >= 0.6 is 0 Å². The topological polar surface area (TPSA) is 75.3 Å². The van der Waals surface area contributed by atoms with Crippen molar-refractivity contribution < 1.29 is 9.90 Å². The van der Waals surface area contributed by atoms with Gasteiger partial charge in [0, 0.05) is 6.54 Å². The van der Waals surface area contributed by atoms with Gasteiger partial charge in [0.15, 0.2) is 0 Å². The molecule has 1 aliphatic rings. The van der Waals surface area contributed by atoms with Crippen LogP contribution in [0.5, 0.6) is 0 Å². The van der Waals surface area contributed by atoms with E-state index >= 15 is 0 Å². The zero-order valence-electron chi connectivity index (χ0n) is 7.12. The van der Waals surface area contributed by atoms with Crippen molar-refractivity contribution in [1.82, 2.24) is 5.32 Å².